The maximum atomic E-state index is 5.33. The molecule has 0 atom stereocenters. The van der Waals surface area contributed by atoms with Gasteiger partial charge >= 0.3 is 0 Å². The van der Waals surface area contributed by atoms with E-state index >= 15 is 0 Å². The summed E-state index contributed by atoms with van der Waals surface area (Å²) in [5.74, 6) is 0.920. The van der Waals surface area contributed by atoms with Gasteiger partial charge in [-0.2, -0.15) is 6.42 Å². The van der Waals surface area contributed by atoms with E-state index in [1.807, 2.05) is 6.54 Å². The molecule has 1 fully saturated rings. The Balaban J connectivity index is 0.000000810. The average molecular weight is 185 g/mol. The molecule has 0 aromatic rings. The van der Waals surface area contributed by atoms with Gasteiger partial charge in [0.25, 0.3) is 0 Å². The van der Waals surface area contributed by atoms with Crippen LogP contribution < -0.4 is 5.73 Å². The normalized spacial score (nSPS) is 20.1. The zero-order chi connectivity index (χ0) is 6.53. The number of hydrogen-bond donors (Lipinski definition) is 1. The van der Waals surface area contributed by atoms with E-state index in [9.17, 15) is 0 Å². The topological polar surface area (TPSA) is 26.0 Å². The summed E-state index contributed by atoms with van der Waals surface area (Å²) < 4.78 is 0. The first-order valence-electron chi connectivity index (χ1n) is 3.97. The quantitative estimate of drug-likeness (QED) is 0.655. The van der Waals surface area contributed by atoms with Gasteiger partial charge in [0.05, 0.1) is 0 Å². The number of hydrogen-bond acceptors (Lipinski definition) is 1. The molecule has 1 rings (SSSR count). The Kier molecular flexibility index (Phi) is 6.48. The minimum absolute atomic E-state index is 0. The Bertz CT molecular complexity index is 66.9. The molecule has 0 aromatic carbocycles. The van der Waals surface area contributed by atoms with Crippen LogP contribution in [0.15, 0.2) is 0 Å². The fourth-order valence-electron chi connectivity index (χ4n) is 1.62. The molecule has 0 aromatic heterocycles. The Morgan fingerprint density at radius 1 is 1.20 bits per heavy atom. The molecule has 1 aliphatic rings. The SMILES string of the molecule is N[CH-]CC1CCCCC1.[Co]. The van der Waals surface area contributed by atoms with E-state index in [1.165, 1.54) is 32.1 Å². The molecule has 0 heterocycles. The molecule has 1 aliphatic carbocycles. The van der Waals surface area contributed by atoms with Crippen molar-refractivity contribution in [2.45, 2.75) is 38.5 Å². The summed E-state index contributed by atoms with van der Waals surface area (Å²) in [7, 11) is 0. The van der Waals surface area contributed by atoms with Gasteiger partial charge in [-0.25, -0.2) is 0 Å². The van der Waals surface area contributed by atoms with Crippen molar-refractivity contribution in [1.82, 2.24) is 0 Å². The van der Waals surface area contributed by atoms with Crippen LogP contribution in [0, 0.1) is 12.5 Å². The molecule has 0 saturated heterocycles. The Morgan fingerprint density at radius 3 is 2.30 bits per heavy atom. The third-order valence-corrected chi connectivity index (χ3v) is 2.19. The van der Waals surface area contributed by atoms with E-state index in [4.69, 9.17) is 5.73 Å². The van der Waals surface area contributed by atoms with Crippen molar-refractivity contribution >= 4 is 0 Å². The maximum absolute atomic E-state index is 5.33. The zero-order valence-electron chi connectivity index (χ0n) is 6.31. The largest absolute Gasteiger partial charge is 0.483 e. The molecule has 1 nitrogen and oxygen atoms in total. The Labute approximate surface area is 73.9 Å². The van der Waals surface area contributed by atoms with Gasteiger partial charge in [0.15, 0.2) is 0 Å². The van der Waals surface area contributed by atoms with Crippen LogP contribution in [0.25, 0.3) is 0 Å². The van der Waals surface area contributed by atoms with E-state index in [0.29, 0.717) is 0 Å². The van der Waals surface area contributed by atoms with Crippen LogP contribution in [0.4, 0.5) is 0 Å². The van der Waals surface area contributed by atoms with E-state index in [0.717, 1.165) is 12.3 Å². The second kappa shape index (κ2) is 6.19. The Morgan fingerprint density at radius 2 is 1.80 bits per heavy atom. The summed E-state index contributed by atoms with van der Waals surface area (Å²) in [4.78, 5) is 0. The summed E-state index contributed by atoms with van der Waals surface area (Å²) in [6.45, 7) is 1.82. The molecule has 0 bridgehead atoms. The minimum atomic E-state index is 0. The van der Waals surface area contributed by atoms with Gasteiger partial charge in [-0.15, -0.1) is 0 Å². The van der Waals surface area contributed by atoms with Gasteiger partial charge in [-0.1, -0.05) is 38.0 Å². The van der Waals surface area contributed by atoms with Gasteiger partial charge in [0, 0.05) is 16.8 Å². The first-order chi connectivity index (χ1) is 4.43. The monoisotopic (exact) mass is 185 g/mol. The van der Waals surface area contributed by atoms with Crippen LogP contribution in [-0.4, -0.2) is 0 Å². The standard InChI is InChI=1S/C8H16N.Co/c9-7-6-8-4-2-1-3-5-8;/h7-8H,1-6,9H2;/q-1;. The van der Waals surface area contributed by atoms with Crippen molar-refractivity contribution in [3.8, 4) is 0 Å². The fourth-order valence-corrected chi connectivity index (χ4v) is 1.62. The van der Waals surface area contributed by atoms with Crippen LogP contribution in [0.1, 0.15) is 38.5 Å². The smallest absolute Gasteiger partial charge is 0 e. The van der Waals surface area contributed by atoms with Crippen LogP contribution in [0.5, 0.6) is 0 Å². The van der Waals surface area contributed by atoms with Crippen molar-refractivity contribution < 1.29 is 16.8 Å². The second-order valence-corrected chi connectivity index (χ2v) is 2.98. The molecule has 10 heavy (non-hydrogen) atoms. The van der Waals surface area contributed by atoms with Crippen molar-refractivity contribution in [2.75, 3.05) is 0 Å². The van der Waals surface area contributed by atoms with Gasteiger partial charge in [0.1, 0.15) is 0 Å². The van der Waals surface area contributed by atoms with E-state index in [2.05, 4.69) is 0 Å². The zero-order valence-corrected chi connectivity index (χ0v) is 7.35. The third kappa shape index (κ3) is 3.59. The van der Waals surface area contributed by atoms with Gasteiger partial charge in [-0.3, -0.25) is 6.54 Å². The van der Waals surface area contributed by atoms with Crippen LogP contribution in [0.3, 0.4) is 0 Å². The van der Waals surface area contributed by atoms with E-state index < -0.39 is 0 Å². The first-order valence-corrected chi connectivity index (χ1v) is 3.97. The van der Waals surface area contributed by atoms with Crippen LogP contribution >= 0.6 is 0 Å². The first kappa shape index (κ1) is 10.5. The maximum Gasteiger partial charge on any atom is 0 e. The van der Waals surface area contributed by atoms with E-state index in [-0.39, 0.29) is 16.8 Å². The molecule has 1 saturated carbocycles. The van der Waals surface area contributed by atoms with Gasteiger partial charge in [-0.05, 0) is 0 Å². The molecule has 0 aliphatic heterocycles. The van der Waals surface area contributed by atoms with Crippen molar-refractivity contribution in [3.63, 3.8) is 0 Å². The summed E-state index contributed by atoms with van der Waals surface area (Å²) in [6, 6.07) is 0. The van der Waals surface area contributed by atoms with Crippen molar-refractivity contribution in [1.29, 1.82) is 0 Å². The molecule has 2 N–H and O–H groups in total. The number of rotatable bonds is 2. The molecule has 1 radical (unpaired) electrons. The van der Waals surface area contributed by atoms with Gasteiger partial charge < -0.3 is 5.73 Å². The molecule has 2 heteroatoms. The van der Waals surface area contributed by atoms with Crippen LogP contribution in [0.2, 0.25) is 0 Å². The summed E-state index contributed by atoms with van der Waals surface area (Å²) >= 11 is 0. The van der Waals surface area contributed by atoms with Crippen molar-refractivity contribution in [3.05, 3.63) is 6.54 Å². The third-order valence-electron chi connectivity index (χ3n) is 2.19. The van der Waals surface area contributed by atoms with Gasteiger partial charge in [0.2, 0.25) is 0 Å². The summed E-state index contributed by atoms with van der Waals surface area (Å²) in [5.41, 5.74) is 5.33. The predicted molar refractivity (Wildman–Crippen MR) is 39.7 cm³/mol. The Hall–Kier alpha value is 0.466. The summed E-state index contributed by atoms with van der Waals surface area (Å²) in [5, 5.41) is 0. The molecule has 0 spiro atoms. The molecule has 0 amide bonds. The predicted octanol–water partition coefficient (Wildman–Crippen LogP) is 2.07. The minimum Gasteiger partial charge on any atom is -0.483 e. The van der Waals surface area contributed by atoms with Crippen molar-refractivity contribution in [2.24, 2.45) is 11.7 Å². The molecular formula is C8H16CoN-. The average Bonchev–Trinajstić information content (AvgIpc) is 1.91. The molecule has 63 valence electrons. The summed E-state index contributed by atoms with van der Waals surface area (Å²) in [6.07, 6.45) is 8.26. The van der Waals surface area contributed by atoms with E-state index in [1.54, 1.807) is 0 Å². The molecule has 0 unspecified atom stereocenters. The van der Waals surface area contributed by atoms with Crippen LogP contribution in [-0.2, 0) is 16.8 Å². The second-order valence-electron chi connectivity index (χ2n) is 2.98. The molecular weight excluding hydrogens is 169 g/mol. The fraction of sp³-hybridized carbons (Fsp3) is 0.875. The number of nitrogens with two attached hydrogens (primary N) is 1.